The van der Waals surface area contributed by atoms with Gasteiger partial charge >= 0.3 is 6.18 Å². The average Bonchev–Trinajstić information content (AvgIpc) is 3.15. The van der Waals surface area contributed by atoms with Crippen LogP contribution in [-0.4, -0.2) is 36.0 Å². The van der Waals surface area contributed by atoms with Crippen molar-refractivity contribution < 1.29 is 18.0 Å². The molecule has 7 heteroatoms. The molecule has 1 saturated carbocycles. The number of benzene rings is 1. The molecule has 0 bridgehead atoms. The van der Waals surface area contributed by atoms with E-state index in [1.807, 2.05) is 6.92 Å². The fourth-order valence-corrected chi connectivity index (χ4v) is 4.61. The Kier molecular flexibility index (Phi) is 6.11. The summed E-state index contributed by atoms with van der Waals surface area (Å²) in [5.74, 6) is 0.755. The number of likely N-dealkylation sites (tertiary alicyclic amines) is 1. The van der Waals surface area contributed by atoms with Gasteiger partial charge in [0.2, 0.25) is 5.91 Å². The van der Waals surface area contributed by atoms with Crippen LogP contribution < -0.4 is 11.1 Å². The lowest BCUT2D eigenvalue weighted by Crippen LogP contribution is -2.48. The van der Waals surface area contributed by atoms with Crippen molar-refractivity contribution in [1.29, 1.82) is 0 Å². The highest BCUT2D eigenvalue weighted by atomic mass is 19.4. The molecule has 1 amide bonds. The van der Waals surface area contributed by atoms with Gasteiger partial charge < -0.3 is 11.1 Å². The van der Waals surface area contributed by atoms with E-state index >= 15 is 0 Å². The van der Waals surface area contributed by atoms with Crippen molar-refractivity contribution in [3.63, 3.8) is 0 Å². The molecule has 1 saturated heterocycles. The molecule has 0 unspecified atom stereocenters. The van der Waals surface area contributed by atoms with Gasteiger partial charge in [-0.2, -0.15) is 13.2 Å². The molecular formula is C20H28F3N3O. The first-order valence-electron chi connectivity index (χ1n) is 9.71. The van der Waals surface area contributed by atoms with E-state index in [0.717, 1.165) is 56.5 Å². The highest BCUT2D eigenvalue weighted by molar-refractivity contribution is 5.79. The first-order valence-corrected chi connectivity index (χ1v) is 9.71. The van der Waals surface area contributed by atoms with Crippen molar-refractivity contribution >= 4 is 5.91 Å². The number of fused-ring (bicyclic) bond motifs is 1. The molecule has 1 aromatic rings. The molecule has 4 atom stereocenters. The van der Waals surface area contributed by atoms with Crippen LogP contribution in [0.2, 0.25) is 0 Å². The Balaban J connectivity index is 1.57. The molecule has 1 aromatic carbocycles. The van der Waals surface area contributed by atoms with Crippen molar-refractivity contribution in [2.24, 2.45) is 17.6 Å². The number of amides is 1. The molecule has 1 heterocycles. The maximum absolute atomic E-state index is 12.7. The quantitative estimate of drug-likeness (QED) is 0.760. The van der Waals surface area contributed by atoms with Crippen molar-refractivity contribution in [3.05, 3.63) is 35.4 Å². The second-order valence-corrected chi connectivity index (χ2v) is 7.91. The largest absolute Gasteiger partial charge is 0.416 e. The Morgan fingerprint density at radius 3 is 2.56 bits per heavy atom. The lowest BCUT2D eigenvalue weighted by molar-refractivity contribution is -0.137. The molecule has 3 N–H and O–H groups in total. The maximum atomic E-state index is 12.7. The maximum Gasteiger partial charge on any atom is 0.416 e. The van der Waals surface area contributed by atoms with E-state index < -0.39 is 11.7 Å². The van der Waals surface area contributed by atoms with Gasteiger partial charge in [0.05, 0.1) is 11.6 Å². The predicted molar refractivity (Wildman–Crippen MR) is 97.7 cm³/mol. The Hall–Kier alpha value is -1.60. The van der Waals surface area contributed by atoms with Gasteiger partial charge in [0.15, 0.2) is 0 Å². The van der Waals surface area contributed by atoms with Crippen LogP contribution in [0.25, 0.3) is 0 Å². The van der Waals surface area contributed by atoms with Gasteiger partial charge in [0, 0.05) is 25.7 Å². The highest BCUT2D eigenvalue weighted by Crippen LogP contribution is 2.39. The number of nitrogens with two attached hydrogens (primary N) is 1. The predicted octanol–water partition coefficient (Wildman–Crippen LogP) is 3.16. The average molecular weight is 383 g/mol. The van der Waals surface area contributed by atoms with Gasteiger partial charge in [-0.15, -0.1) is 0 Å². The SMILES string of the molecule is CCC[C@H](N[C@@H]1CC[C@H]2CN(Cc3ccc(C(F)(F)F)cc3)C[C@H]21)C(N)=O. The summed E-state index contributed by atoms with van der Waals surface area (Å²) in [6.07, 6.45) is -0.474. The molecule has 2 aliphatic rings. The first-order chi connectivity index (χ1) is 12.8. The van der Waals surface area contributed by atoms with E-state index in [1.165, 1.54) is 0 Å². The van der Waals surface area contributed by atoms with Crippen LogP contribution >= 0.6 is 0 Å². The number of primary amides is 1. The Morgan fingerprint density at radius 1 is 1.26 bits per heavy atom. The normalized spacial score (nSPS) is 26.9. The summed E-state index contributed by atoms with van der Waals surface area (Å²) in [5, 5.41) is 3.47. The summed E-state index contributed by atoms with van der Waals surface area (Å²) in [4.78, 5) is 14.0. The molecule has 27 heavy (non-hydrogen) atoms. The summed E-state index contributed by atoms with van der Waals surface area (Å²) >= 11 is 0. The minimum absolute atomic E-state index is 0.275. The third kappa shape index (κ3) is 4.82. The summed E-state index contributed by atoms with van der Waals surface area (Å²) in [7, 11) is 0. The van der Waals surface area contributed by atoms with Crippen molar-refractivity contribution in [2.75, 3.05) is 13.1 Å². The standard InChI is InChI=1S/C20H28F3N3O/c1-2-3-18(19(24)27)25-17-9-6-14-11-26(12-16(14)17)10-13-4-7-15(8-5-13)20(21,22)23/h4-5,7-8,14,16-18,25H,2-3,6,9-12H2,1H3,(H2,24,27)/t14-,16+,17+,18-/m0/s1. The van der Waals surface area contributed by atoms with E-state index in [2.05, 4.69) is 10.2 Å². The number of carbonyl (C=O) groups is 1. The number of carbonyl (C=O) groups excluding carboxylic acids is 1. The molecule has 0 spiro atoms. The molecule has 2 fully saturated rings. The molecule has 4 nitrogen and oxygen atoms in total. The molecule has 1 aliphatic carbocycles. The fraction of sp³-hybridized carbons (Fsp3) is 0.650. The molecule has 150 valence electrons. The second-order valence-electron chi connectivity index (χ2n) is 7.91. The summed E-state index contributed by atoms with van der Waals surface area (Å²) < 4.78 is 38.1. The molecule has 0 radical (unpaired) electrons. The summed E-state index contributed by atoms with van der Waals surface area (Å²) in [5.41, 5.74) is 5.81. The van der Waals surface area contributed by atoms with E-state index in [-0.39, 0.29) is 18.0 Å². The number of nitrogens with one attached hydrogen (secondary N) is 1. The smallest absolute Gasteiger partial charge is 0.368 e. The van der Waals surface area contributed by atoms with Crippen molar-refractivity contribution in [1.82, 2.24) is 10.2 Å². The van der Waals surface area contributed by atoms with E-state index in [0.29, 0.717) is 18.4 Å². The van der Waals surface area contributed by atoms with Crippen LogP contribution in [0.4, 0.5) is 13.2 Å². The van der Waals surface area contributed by atoms with Gasteiger partial charge in [-0.05, 0) is 48.8 Å². The lowest BCUT2D eigenvalue weighted by Gasteiger charge is -2.25. The van der Waals surface area contributed by atoms with Gasteiger partial charge in [-0.3, -0.25) is 9.69 Å². The summed E-state index contributed by atoms with van der Waals surface area (Å²) in [6, 6.07) is 5.45. The number of hydrogen-bond acceptors (Lipinski definition) is 3. The number of hydrogen-bond donors (Lipinski definition) is 2. The Morgan fingerprint density at radius 2 is 1.96 bits per heavy atom. The highest BCUT2D eigenvalue weighted by Gasteiger charge is 2.43. The zero-order valence-electron chi connectivity index (χ0n) is 15.6. The van der Waals surface area contributed by atoms with Crippen LogP contribution in [0.1, 0.15) is 43.7 Å². The fourth-order valence-electron chi connectivity index (χ4n) is 4.61. The Labute approximate surface area is 158 Å². The second kappa shape index (κ2) is 8.19. The van der Waals surface area contributed by atoms with Crippen LogP contribution in [0, 0.1) is 11.8 Å². The zero-order chi connectivity index (χ0) is 19.6. The summed E-state index contributed by atoms with van der Waals surface area (Å²) in [6.45, 7) is 4.56. The number of alkyl halides is 3. The molecular weight excluding hydrogens is 355 g/mol. The molecule has 1 aliphatic heterocycles. The first kappa shape index (κ1) is 20.1. The monoisotopic (exact) mass is 383 g/mol. The van der Waals surface area contributed by atoms with Gasteiger partial charge in [0.25, 0.3) is 0 Å². The third-order valence-electron chi connectivity index (χ3n) is 5.96. The zero-order valence-corrected chi connectivity index (χ0v) is 15.6. The van der Waals surface area contributed by atoms with Crippen LogP contribution in [0.5, 0.6) is 0 Å². The van der Waals surface area contributed by atoms with E-state index in [4.69, 9.17) is 5.73 Å². The number of halogens is 3. The third-order valence-corrected chi connectivity index (χ3v) is 5.96. The topological polar surface area (TPSA) is 58.4 Å². The van der Waals surface area contributed by atoms with Gasteiger partial charge in [0.1, 0.15) is 0 Å². The number of rotatable bonds is 7. The van der Waals surface area contributed by atoms with Crippen molar-refractivity contribution in [3.8, 4) is 0 Å². The minimum atomic E-state index is -4.29. The Bertz CT molecular complexity index is 647. The van der Waals surface area contributed by atoms with E-state index in [1.54, 1.807) is 12.1 Å². The lowest BCUT2D eigenvalue weighted by atomic mass is 9.96. The van der Waals surface area contributed by atoms with Gasteiger partial charge in [-0.25, -0.2) is 0 Å². The molecule has 3 rings (SSSR count). The van der Waals surface area contributed by atoms with E-state index in [9.17, 15) is 18.0 Å². The van der Waals surface area contributed by atoms with Crippen LogP contribution in [0.3, 0.4) is 0 Å². The number of nitrogens with zero attached hydrogens (tertiary/aromatic N) is 1. The molecule has 0 aromatic heterocycles. The van der Waals surface area contributed by atoms with Crippen LogP contribution in [-0.2, 0) is 17.5 Å². The van der Waals surface area contributed by atoms with Crippen LogP contribution in [0.15, 0.2) is 24.3 Å². The minimum Gasteiger partial charge on any atom is -0.368 e. The van der Waals surface area contributed by atoms with Gasteiger partial charge in [-0.1, -0.05) is 25.5 Å². The van der Waals surface area contributed by atoms with Crippen molar-refractivity contribution in [2.45, 2.75) is 57.4 Å².